The Labute approximate surface area is 105 Å². The molecule has 1 aliphatic rings. The summed E-state index contributed by atoms with van der Waals surface area (Å²) >= 11 is 0. The van der Waals surface area contributed by atoms with Gasteiger partial charge in [0.15, 0.2) is 5.75 Å². The van der Waals surface area contributed by atoms with Crippen molar-refractivity contribution in [3.8, 4) is 5.75 Å². The molecular formula is C12H16N2O4. The highest BCUT2D eigenvalue weighted by Crippen LogP contribution is 2.30. The number of methoxy groups -OCH3 is 1. The minimum absolute atomic E-state index is 0.0285. The van der Waals surface area contributed by atoms with Crippen LogP contribution in [-0.4, -0.2) is 31.3 Å². The van der Waals surface area contributed by atoms with Crippen LogP contribution in [0.5, 0.6) is 5.75 Å². The van der Waals surface area contributed by atoms with Crippen molar-refractivity contribution in [1.82, 2.24) is 0 Å². The van der Waals surface area contributed by atoms with Crippen LogP contribution in [0.15, 0.2) is 18.2 Å². The van der Waals surface area contributed by atoms with E-state index in [1.54, 1.807) is 12.1 Å². The molecule has 1 fully saturated rings. The lowest BCUT2D eigenvalue weighted by atomic mass is 10.1. The second-order valence-corrected chi connectivity index (χ2v) is 4.20. The monoisotopic (exact) mass is 252 g/mol. The van der Waals surface area contributed by atoms with Crippen LogP contribution in [0.1, 0.15) is 12.8 Å². The van der Waals surface area contributed by atoms with Gasteiger partial charge in [0, 0.05) is 24.4 Å². The van der Waals surface area contributed by atoms with Gasteiger partial charge in [-0.15, -0.1) is 0 Å². The first-order chi connectivity index (χ1) is 8.70. The normalized spacial score (nSPS) is 19.3. The summed E-state index contributed by atoms with van der Waals surface area (Å²) < 4.78 is 10.3. The molecule has 1 atom stereocenters. The number of hydrogen-bond donors (Lipinski definition) is 1. The topological polar surface area (TPSA) is 73.6 Å². The Balaban J connectivity index is 2.13. The van der Waals surface area contributed by atoms with Crippen molar-refractivity contribution in [2.75, 3.05) is 25.6 Å². The second-order valence-electron chi connectivity index (χ2n) is 4.20. The third-order valence-electron chi connectivity index (χ3n) is 2.91. The molecule has 0 aliphatic carbocycles. The number of hydrogen-bond acceptors (Lipinski definition) is 5. The fourth-order valence-corrected chi connectivity index (χ4v) is 2.01. The predicted octanol–water partition coefficient (Wildman–Crippen LogP) is 2.19. The molecule has 98 valence electrons. The van der Waals surface area contributed by atoms with Gasteiger partial charge in [-0.3, -0.25) is 10.1 Å². The van der Waals surface area contributed by atoms with E-state index < -0.39 is 4.92 Å². The summed E-state index contributed by atoms with van der Waals surface area (Å²) in [4.78, 5) is 10.5. The molecule has 0 radical (unpaired) electrons. The summed E-state index contributed by atoms with van der Waals surface area (Å²) in [5, 5.41) is 14.1. The van der Waals surface area contributed by atoms with E-state index in [9.17, 15) is 10.1 Å². The number of rotatable bonds is 4. The molecule has 6 heteroatoms. The van der Waals surface area contributed by atoms with E-state index in [0.29, 0.717) is 6.61 Å². The molecule has 0 saturated carbocycles. The van der Waals surface area contributed by atoms with Gasteiger partial charge < -0.3 is 14.8 Å². The van der Waals surface area contributed by atoms with E-state index >= 15 is 0 Å². The van der Waals surface area contributed by atoms with Gasteiger partial charge in [0.05, 0.1) is 18.6 Å². The molecule has 1 heterocycles. The minimum Gasteiger partial charge on any atom is -0.490 e. The number of nitro groups is 1. The number of nitrogens with zero attached hydrogens (tertiary/aromatic N) is 1. The maximum absolute atomic E-state index is 10.9. The van der Waals surface area contributed by atoms with Gasteiger partial charge in [-0.05, 0) is 25.0 Å². The molecule has 1 N–H and O–H groups in total. The van der Waals surface area contributed by atoms with Gasteiger partial charge in [-0.25, -0.2) is 0 Å². The molecule has 0 bridgehead atoms. The summed E-state index contributed by atoms with van der Waals surface area (Å²) in [7, 11) is 1.42. The Morgan fingerprint density at radius 2 is 2.39 bits per heavy atom. The molecule has 18 heavy (non-hydrogen) atoms. The molecule has 1 unspecified atom stereocenters. The summed E-state index contributed by atoms with van der Waals surface area (Å²) in [6, 6.07) is 5.09. The minimum atomic E-state index is -0.443. The lowest BCUT2D eigenvalue weighted by Crippen LogP contribution is -2.29. The smallest absolute Gasteiger partial charge is 0.312 e. The van der Waals surface area contributed by atoms with Gasteiger partial charge in [-0.1, -0.05) is 0 Å². The van der Waals surface area contributed by atoms with Crippen LogP contribution in [0.3, 0.4) is 0 Å². The quantitative estimate of drug-likeness (QED) is 0.656. The maximum atomic E-state index is 10.9. The number of nitro benzene ring substituents is 1. The lowest BCUT2D eigenvalue weighted by molar-refractivity contribution is -0.385. The lowest BCUT2D eigenvalue weighted by Gasteiger charge is -2.24. The molecule has 1 aromatic carbocycles. The van der Waals surface area contributed by atoms with E-state index in [-0.39, 0.29) is 17.5 Å². The van der Waals surface area contributed by atoms with Gasteiger partial charge >= 0.3 is 5.69 Å². The van der Waals surface area contributed by atoms with Crippen LogP contribution in [0.4, 0.5) is 11.4 Å². The zero-order valence-electron chi connectivity index (χ0n) is 10.2. The van der Waals surface area contributed by atoms with Crippen molar-refractivity contribution < 1.29 is 14.4 Å². The highest BCUT2D eigenvalue weighted by atomic mass is 16.6. The highest BCUT2D eigenvalue weighted by Gasteiger charge is 2.18. The van der Waals surface area contributed by atoms with E-state index in [2.05, 4.69) is 5.32 Å². The average molecular weight is 252 g/mol. The first-order valence-electron chi connectivity index (χ1n) is 5.87. The molecule has 6 nitrogen and oxygen atoms in total. The summed E-state index contributed by atoms with van der Waals surface area (Å²) in [6.07, 6.45) is 2.02. The molecule has 1 aromatic rings. The van der Waals surface area contributed by atoms with Crippen molar-refractivity contribution in [2.24, 2.45) is 0 Å². The molecule has 1 aliphatic heterocycles. The van der Waals surface area contributed by atoms with Crippen LogP contribution in [0.25, 0.3) is 0 Å². The van der Waals surface area contributed by atoms with Crippen molar-refractivity contribution >= 4 is 11.4 Å². The van der Waals surface area contributed by atoms with E-state index in [4.69, 9.17) is 9.47 Å². The van der Waals surface area contributed by atoms with Crippen molar-refractivity contribution in [3.63, 3.8) is 0 Å². The zero-order valence-corrected chi connectivity index (χ0v) is 10.2. The van der Waals surface area contributed by atoms with Crippen molar-refractivity contribution in [3.05, 3.63) is 28.3 Å². The fraction of sp³-hybridized carbons (Fsp3) is 0.500. The third-order valence-corrected chi connectivity index (χ3v) is 2.91. The highest BCUT2D eigenvalue weighted by molar-refractivity contribution is 5.58. The number of anilines is 1. The Morgan fingerprint density at radius 1 is 1.56 bits per heavy atom. The molecule has 0 amide bonds. The van der Waals surface area contributed by atoms with Crippen LogP contribution < -0.4 is 10.1 Å². The number of ether oxygens (including phenoxy) is 2. The molecule has 2 rings (SSSR count). The van der Waals surface area contributed by atoms with E-state index in [1.807, 2.05) is 0 Å². The van der Waals surface area contributed by atoms with Crippen molar-refractivity contribution in [1.29, 1.82) is 0 Å². The molecule has 1 saturated heterocycles. The first-order valence-corrected chi connectivity index (χ1v) is 5.87. The van der Waals surface area contributed by atoms with Gasteiger partial charge in [0.1, 0.15) is 0 Å². The predicted molar refractivity (Wildman–Crippen MR) is 67.1 cm³/mol. The van der Waals surface area contributed by atoms with Gasteiger partial charge in [0.25, 0.3) is 0 Å². The van der Waals surface area contributed by atoms with Crippen LogP contribution in [-0.2, 0) is 4.74 Å². The van der Waals surface area contributed by atoms with Crippen molar-refractivity contribution in [2.45, 2.75) is 18.9 Å². The summed E-state index contributed by atoms with van der Waals surface area (Å²) in [6.45, 7) is 1.43. The summed E-state index contributed by atoms with van der Waals surface area (Å²) in [5.41, 5.74) is 0.692. The first kappa shape index (κ1) is 12.6. The average Bonchev–Trinajstić information content (AvgIpc) is 2.40. The zero-order chi connectivity index (χ0) is 13.0. The Morgan fingerprint density at radius 3 is 3.00 bits per heavy atom. The number of nitrogens with one attached hydrogen (secondary N) is 1. The standard InChI is InChI=1S/C12H16N2O4/c1-17-12-5-4-9(7-11(12)14(15)16)13-10-3-2-6-18-8-10/h4-5,7,10,13H,2-3,6,8H2,1H3. The van der Waals surface area contributed by atoms with Crippen LogP contribution >= 0.6 is 0 Å². The maximum Gasteiger partial charge on any atom is 0.312 e. The summed E-state index contributed by atoms with van der Waals surface area (Å²) in [5.74, 6) is 0.269. The fourth-order valence-electron chi connectivity index (χ4n) is 2.01. The Bertz CT molecular complexity index is 430. The van der Waals surface area contributed by atoms with Gasteiger partial charge in [-0.2, -0.15) is 0 Å². The van der Waals surface area contributed by atoms with Crippen LogP contribution in [0, 0.1) is 10.1 Å². The molecule has 0 aromatic heterocycles. The van der Waals surface area contributed by atoms with E-state index in [0.717, 1.165) is 25.1 Å². The second kappa shape index (κ2) is 5.68. The van der Waals surface area contributed by atoms with Gasteiger partial charge in [0.2, 0.25) is 0 Å². The largest absolute Gasteiger partial charge is 0.490 e. The molecule has 0 spiro atoms. The van der Waals surface area contributed by atoms with E-state index in [1.165, 1.54) is 13.2 Å². The van der Waals surface area contributed by atoms with Crippen LogP contribution in [0.2, 0.25) is 0 Å². The molecular weight excluding hydrogens is 236 g/mol. The number of benzene rings is 1. The SMILES string of the molecule is COc1ccc(NC2CCCOC2)cc1[N+](=O)[O-]. The Kier molecular flexibility index (Phi) is 3.99. The Hall–Kier alpha value is -1.82. The third kappa shape index (κ3) is 2.89.